The van der Waals surface area contributed by atoms with Gasteiger partial charge in [0.25, 0.3) is 16.2 Å². The van der Waals surface area contributed by atoms with Crippen molar-refractivity contribution in [2.75, 3.05) is 52.6 Å². The van der Waals surface area contributed by atoms with Crippen molar-refractivity contribution in [3.05, 3.63) is 90.7 Å². The van der Waals surface area contributed by atoms with Crippen LogP contribution < -0.4 is 20.6 Å². The number of sulfonamides is 2. The summed E-state index contributed by atoms with van der Waals surface area (Å²) in [5.74, 6) is 0.889. The number of nitrogens with zero attached hydrogens (tertiary/aromatic N) is 7. The molecule has 79 heavy (non-hydrogen) atoms. The van der Waals surface area contributed by atoms with E-state index in [2.05, 4.69) is 28.7 Å². The third-order valence-corrected chi connectivity index (χ3v) is 18.3. The van der Waals surface area contributed by atoms with E-state index >= 15 is 0 Å². The average molecular weight is 1140 g/mol. The van der Waals surface area contributed by atoms with Crippen molar-refractivity contribution in [2.45, 2.75) is 141 Å². The van der Waals surface area contributed by atoms with Gasteiger partial charge >= 0.3 is 0 Å². The van der Waals surface area contributed by atoms with Crippen LogP contribution in [0.25, 0.3) is 44.8 Å². The zero-order valence-corrected chi connectivity index (χ0v) is 47.5. The van der Waals surface area contributed by atoms with Gasteiger partial charge in [0.05, 0.1) is 64.0 Å². The first-order chi connectivity index (χ1) is 37.8. The fourth-order valence-electron chi connectivity index (χ4n) is 10.3. The number of aryl methyl sites for hydroxylation is 4. The fourth-order valence-corrected chi connectivity index (χ4v) is 13.3. The molecule has 2 aliphatic heterocycles. The van der Waals surface area contributed by atoms with Crippen LogP contribution >= 0.6 is 0 Å². The van der Waals surface area contributed by atoms with Gasteiger partial charge in [0.1, 0.15) is 40.8 Å². The van der Waals surface area contributed by atoms with Gasteiger partial charge in [0.15, 0.2) is 0 Å². The Labute approximate surface area is 459 Å². The van der Waals surface area contributed by atoms with E-state index in [0.717, 1.165) is 49.7 Å². The molecule has 5 N–H and O–H groups in total. The number of piperidine rings is 2. The molecule has 0 bridgehead atoms. The molecule has 0 radical (unpaired) electrons. The number of H-pyrrole nitrogens is 2. The van der Waals surface area contributed by atoms with E-state index in [9.17, 15) is 51.9 Å². The Kier molecular flexibility index (Phi) is 20.5. The highest BCUT2D eigenvalue weighted by molar-refractivity contribution is 7.89. The lowest BCUT2D eigenvalue weighted by molar-refractivity contribution is -0.759. The number of hydrogen-bond donors (Lipinski definition) is 5. The molecule has 2 fully saturated rings. The number of aliphatic hydroxyl groups excluding tert-OH is 3. The molecule has 0 unspecified atom stereocenters. The topological polar surface area (TPSA) is 308 Å². The molecule has 0 aliphatic carbocycles. The quantitative estimate of drug-likeness (QED) is 0.0341. The minimum absolute atomic E-state index is 0.0229. The zero-order valence-electron chi connectivity index (χ0n) is 45.8. The summed E-state index contributed by atoms with van der Waals surface area (Å²) in [7, 11) is -7.79. The van der Waals surface area contributed by atoms with E-state index in [0.29, 0.717) is 96.7 Å². The van der Waals surface area contributed by atoms with Gasteiger partial charge in [0.2, 0.25) is 20.0 Å². The van der Waals surface area contributed by atoms with Crippen LogP contribution in [0.3, 0.4) is 0 Å². The summed E-state index contributed by atoms with van der Waals surface area (Å²) < 4.78 is 72.8. The smallest absolute Gasteiger partial charge is 0.294 e. The van der Waals surface area contributed by atoms with Crippen molar-refractivity contribution in [1.82, 2.24) is 37.7 Å². The summed E-state index contributed by atoms with van der Waals surface area (Å²) in [6, 6.07) is 9.20. The Morgan fingerprint density at radius 3 is 1.42 bits per heavy atom. The maximum absolute atomic E-state index is 13.7. The second kappa shape index (κ2) is 26.8. The Hall–Kier alpha value is -6.22. The largest absolute Gasteiger partial charge is 0.493 e. The van der Waals surface area contributed by atoms with Gasteiger partial charge in [-0.25, -0.2) is 26.8 Å². The molecule has 2 atom stereocenters. The summed E-state index contributed by atoms with van der Waals surface area (Å²) in [6.45, 7) is 14.0. The SMILES string of the molecule is CCCOc1ccc(S(=O)(=O)N2CCC([C@@H](O)CO)CC2)cc1-c1nc2c(CCC)cn(CC)c2c(=O)[nH]1.CCCOc1ccc(S(=O)(=O)N2CCC([C@@H](O)CO[N+](=O)[O-])CC2)cc1-c1nc2c(CCC)cn(CC)c2c(=O)[nH]1. The standard InChI is InChI=1S/C27H37N5O8S.C27H38N4O6S/c1-4-7-19-16-30(6-3)25-24(19)28-26(29-27(25)34)21-15-20(8-9-23(21)39-14-5-2)41(37,38)31-12-10-18(11-13-31)22(33)17-40-32(35)36;1-4-7-19-16-30(6-3)25-24(19)28-26(29-27(25)34)21-15-20(8-9-23(21)37-14-5-2)38(35,36)31-12-10-18(11-13-31)22(33)17-32/h8-9,15-16,18,22,33H,4-7,10-14,17H2,1-3H3,(H,28,29,34);8-9,15-16,18,22,32-33H,4-7,10-14,17H2,1-3H3,(H,28,29,34)/t2*22-/m00/s1. The molecule has 0 saturated carbocycles. The minimum Gasteiger partial charge on any atom is -0.493 e. The molecule has 25 heteroatoms. The molecular formula is C54H75N9O14S2. The molecule has 0 spiro atoms. The molecule has 432 valence electrons. The lowest BCUT2D eigenvalue weighted by Gasteiger charge is -2.33. The van der Waals surface area contributed by atoms with Crippen LogP contribution in [0, 0.1) is 22.0 Å². The van der Waals surface area contributed by atoms with E-state index in [1.807, 2.05) is 49.2 Å². The number of hydrogen-bond acceptors (Lipinski definition) is 16. The highest BCUT2D eigenvalue weighted by Crippen LogP contribution is 2.36. The number of rotatable bonds is 24. The second-order valence-corrected chi connectivity index (χ2v) is 23.8. The van der Waals surface area contributed by atoms with Crippen molar-refractivity contribution >= 4 is 42.1 Å². The first-order valence-corrected chi connectivity index (χ1v) is 30.3. The van der Waals surface area contributed by atoms with E-state index in [4.69, 9.17) is 19.4 Å². The van der Waals surface area contributed by atoms with Crippen LogP contribution in [0.5, 0.6) is 11.5 Å². The van der Waals surface area contributed by atoms with Crippen LogP contribution in [0.2, 0.25) is 0 Å². The molecule has 6 aromatic rings. The third-order valence-electron chi connectivity index (χ3n) is 14.6. The third kappa shape index (κ3) is 13.5. The number of aromatic amines is 2. The Bertz CT molecular complexity index is 3420. The highest BCUT2D eigenvalue weighted by Gasteiger charge is 2.35. The van der Waals surface area contributed by atoms with Gasteiger partial charge in [0, 0.05) is 51.7 Å². The molecule has 4 aromatic heterocycles. The number of aromatic nitrogens is 6. The molecule has 23 nitrogen and oxygen atoms in total. The molecule has 2 aromatic carbocycles. The number of ether oxygens (including phenoxy) is 2. The summed E-state index contributed by atoms with van der Waals surface area (Å²) in [5.41, 5.74) is 4.30. The van der Waals surface area contributed by atoms with Crippen LogP contribution in [-0.2, 0) is 50.8 Å². The Morgan fingerprint density at radius 1 is 0.658 bits per heavy atom. The van der Waals surface area contributed by atoms with Crippen molar-refractivity contribution in [1.29, 1.82) is 0 Å². The van der Waals surface area contributed by atoms with Crippen molar-refractivity contribution in [2.24, 2.45) is 11.8 Å². The first kappa shape index (κ1) is 60.4. The molecule has 0 amide bonds. The molecule has 8 rings (SSSR count). The van der Waals surface area contributed by atoms with Crippen molar-refractivity contribution < 1.29 is 51.6 Å². The average Bonchev–Trinajstić information content (AvgIpc) is 4.19. The van der Waals surface area contributed by atoms with Crippen LogP contribution in [0.15, 0.2) is 68.2 Å². The van der Waals surface area contributed by atoms with Crippen LogP contribution in [0.4, 0.5) is 0 Å². The number of aliphatic hydroxyl groups is 3. The van der Waals surface area contributed by atoms with Gasteiger partial charge in [-0.15, -0.1) is 10.1 Å². The maximum atomic E-state index is 13.7. The number of nitrogens with one attached hydrogen (secondary N) is 2. The van der Waals surface area contributed by atoms with Gasteiger partial charge in [-0.05, 0) is 125 Å². The normalized spacial score (nSPS) is 16.0. The molecule has 2 saturated heterocycles. The minimum atomic E-state index is -3.94. The second-order valence-electron chi connectivity index (χ2n) is 19.9. The first-order valence-electron chi connectivity index (χ1n) is 27.4. The summed E-state index contributed by atoms with van der Waals surface area (Å²) in [5, 5.41) is 38.9. The van der Waals surface area contributed by atoms with Crippen LogP contribution in [-0.4, -0.2) is 140 Å². The van der Waals surface area contributed by atoms with E-state index < -0.39 is 43.9 Å². The van der Waals surface area contributed by atoms with Gasteiger partial charge in [-0.3, -0.25) is 9.59 Å². The summed E-state index contributed by atoms with van der Waals surface area (Å²) in [4.78, 5) is 56.6. The van der Waals surface area contributed by atoms with Gasteiger partial charge in [-0.2, -0.15) is 8.61 Å². The summed E-state index contributed by atoms with van der Waals surface area (Å²) >= 11 is 0. The Morgan fingerprint density at radius 2 is 1.06 bits per heavy atom. The predicted octanol–water partition coefficient (Wildman–Crippen LogP) is 6.03. The zero-order chi connectivity index (χ0) is 57.2. The predicted molar refractivity (Wildman–Crippen MR) is 298 cm³/mol. The van der Waals surface area contributed by atoms with Gasteiger partial charge < -0.3 is 48.7 Å². The molecular weight excluding hydrogens is 1060 g/mol. The van der Waals surface area contributed by atoms with E-state index in [-0.39, 0.29) is 77.2 Å². The molecule has 6 heterocycles. The lowest BCUT2D eigenvalue weighted by Crippen LogP contribution is -2.42. The van der Waals surface area contributed by atoms with Crippen molar-refractivity contribution in [3.63, 3.8) is 0 Å². The van der Waals surface area contributed by atoms with Crippen molar-refractivity contribution in [3.8, 4) is 34.3 Å². The lowest BCUT2D eigenvalue weighted by atomic mass is 9.93. The fraction of sp³-hybridized carbons (Fsp3) is 0.556. The Balaban J connectivity index is 0.000000229. The monoisotopic (exact) mass is 1140 g/mol. The summed E-state index contributed by atoms with van der Waals surface area (Å²) in [6.07, 6.45) is 8.36. The van der Waals surface area contributed by atoms with E-state index in [1.54, 1.807) is 12.1 Å². The van der Waals surface area contributed by atoms with E-state index in [1.165, 1.54) is 32.9 Å². The number of benzene rings is 2. The molecule has 2 aliphatic rings. The van der Waals surface area contributed by atoms with Gasteiger partial charge in [-0.1, -0.05) is 40.5 Å². The maximum Gasteiger partial charge on any atom is 0.294 e. The highest BCUT2D eigenvalue weighted by atomic mass is 32.2. The van der Waals surface area contributed by atoms with Crippen LogP contribution in [0.1, 0.15) is 104 Å². The number of fused-ring (bicyclic) bond motifs is 2.